The molecule has 0 fully saturated rings. The Hall–Kier alpha value is -3.78. The van der Waals surface area contributed by atoms with Crippen molar-refractivity contribution in [1.29, 1.82) is 0 Å². The van der Waals surface area contributed by atoms with Crippen LogP contribution in [-0.2, 0) is 23.3 Å². The molecular weight excluding hydrogens is 695 g/mol. The van der Waals surface area contributed by atoms with Crippen LogP contribution in [0.2, 0.25) is 0 Å². The van der Waals surface area contributed by atoms with Gasteiger partial charge in [0.25, 0.3) is 0 Å². The van der Waals surface area contributed by atoms with Gasteiger partial charge in [0, 0.05) is 0 Å². The quantitative estimate of drug-likeness (QED) is 0.123. The number of hydrogen-bond donors (Lipinski definition) is 0. The Bertz CT molecular complexity index is 1620. The fourth-order valence-electron chi connectivity index (χ4n) is 4.58. The van der Waals surface area contributed by atoms with Crippen LogP contribution in [0.1, 0.15) is 0 Å². The fraction of sp³-hybridized carbons (Fsp3) is 0. The summed E-state index contributed by atoms with van der Waals surface area (Å²) in [5.41, 5.74) is 5.18. The van der Waals surface area contributed by atoms with Crippen molar-refractivity contribution in [2.45, 2.75) is 0 Å². The molecule has 0 amide bonds. The molecule has 0 saturated heterocycles. The van der Waals surface area contributed by atoms with Gasteiger partial charge in [0.1, 0.15) is 0 Å². The van der Waals surface area contributed by atoms with Gasteiger partial charge in [-0.15, -0.1) is 93.9 Å². The third-order valence-corrected chi connectivity index (χ3v) is 6.66. The Morgan fingerprint density at radius 3 is 0.978 bits per heavy atom. The molecule has 0 spiro atoms. The molecule has 8 rings (SSSR count). The monoisotopic (exact) mass is 726 g/mol. The van der Waals surface area contributed by atoms with Crippen molar-refractivity contribution < 1.29 is 23.3 Å². The molecule has 2 radical (unpaired) electrons. The van der Waals surface area contributed by atoms with Gasteiger partial charge in [0.15, 0.2) is 0 Å². The first-order valence-corrected chi connectivity index (χ1v) is 18.5. The maximum absolute atomic E-state index is 3.06. The molecule has 0 N–H and O–H groups in total. The van der Waals surface area contributed by atoms with Crippen LogP contribution in [0, 0.1) is 12.1 Å². The number of halogens is 2. The molecule has 228 valence electrons. The summed E-state index contributed by atoms with van der Waals surface area (Å²) in [6.07, 6.45) is 0. The van der Waals surface area contributed by atoms with Crippen LogP contribution in [0.5, 0.6) is 0 Å². The molecule has 0 atom stereocenters. The van der Waals surface area contributed by atoms with Crippen LogP contribution in [0.15, 0.2) is 194 Å². The Morgan fingerprint density at radius 2 is 0.696 bits per heavy atom. The second-order valence-corrected chi connectivity index (χ2v) is 9.63. The predicted octanol–water partition coefficient (Wildman–Crippen LogP) is 11.9. The van der Waals surface area contributed by atoms with E-state index in [-0.39, 0.29) is 24.8 Å². The Morgan fingerprint density at radius 1 is 0.391 bits per heavy atom. The summed E-state index contributed by atoms with van der Waals surface area (Å²) in [4.78, 5) is 0. The van der Waals surface area contributed by atoms with E-state index in [2.05, 4.69) is 140 Å². The molecule has 8 aromatic carbocycles. The van der Waals surface area contributed by atoms with E-state index in [9.17, 15) is 0 Å². The van der Waals surface area contributed by atoms with Crippen molar-refractivity contribution in [2.75, 3.05) is 0 Å². The third kappa shape index (κ3) is 12.5. The molecule has 0 aliphatic rings. The zero-order chi connectivity index (χ0) is 30.7. The van der Waals surface area contributed by atoms with Crippen molar-refractivity contribution in [2.24, 2.45) is 0 Å². The molecule has 46 heavy (non-hydrogen) atoms. The maximum Gasteiger partial charge on any atom is -0.0635 e. The van der Waals surface area contributed by atoms with Crippen LogP contribution in [0.25, 0.3) is 43.8 Å². The molecule has 4 heteroatoms. The van der Waals surface area contributed by atoms with Crippen molar-refractivity contribution in [3.05, 3.63) is 206 Å². The Labute approximate surface area is 302 Å². The number of hydrogen-bond acceptors (Lipinski definition) is 0. The second-order valence-electron chi connectivity index (χ2n) is 9.63. The summed E-state index contributed by atoms with van der Waals surface area (Å²) in [5, 5.41) is 5.26. The minimum Gasteiger partial charge on any atom is -0.184 e. The first kappa shape index (κ1) is 38.4. The molecule has 0 aromatic heterocycles. The van der Waals surface area contributed by atoms with Crippen molar-refractivity contribution >= 4 is 53.2 Å². The first-order chi connectivity index (χ1) is 21.9. The number of rotatable bonds is 2. The van der Waals surface area contributed by atoms with Gasteiger partial charge < -0.3 is 0 Å². The van der Waals surface area contributed by atoms with Gasteiger partial charge in [0.2, 0.25) is 0 Å². The van der Waals surface area contributed by atoms with Crippen LogP contribution >= 0.6 is 24.8 Å². The molecule has 0 aliphatic heterocycles. The Balaban J connectivity index is 0.000000222. The summed E-state index contributed by atoms with van der Waals surface area (Å²) in [7, 11) is 0. The van der Waals surface area contributed by atoms with Gasteiger partial charge in [0.05, 0.1) is 0 Å². The van der Waals surface area contributed by atoms with E-state index < -0.39 is 0 Å². The topological polar surface area (TPSA) is 0 Å². The summed E-state index contributed by atoms with van der Waals surface area (Å²) >= 11 is 1.36. The normalized spacial score (nSPS) is 9.11. The molecule has 0 aliphatic carbocycles. The maximum atomic E-state index is 3.06. The standard InChI is InChI=1S/2C15H11.2C6H5.2ClH.Si.Zr/c2*1-2-6-12(7-3-1)15-10-13-8-4-5-9-14(13)11-15;2*1-2-4-6-5-3-1;;;;/h2*1-11H;2*1-5H;2*1H;;/q4*-1;;;;. The van der Waals surface area contributed by atoms with Crippen LogP contribution in [0.4, 0.5) is 0 Å². The average molecular weight is 729 g/mol. The van der Waals surface area contributed by atoms with Gasteiger partial charge >= 0.3 is 30.2 Å². The van der Waals surface area contributed by atoms with Gasteiger partial charge in [-0.05, 0) is 0 Å². The van der Waals surface area contributed by atoms with E-state index in [1.807, 2.05) is 72.8 Å². The van der Waals surface area contributed by atoms with E-state index in [1.54, 1.807) is 0 Å². The van der Waals surface area contributed by atoms with Gasteiger partial charge in [-0.3, -0.25) is 0 Å². The van der Waals surface area contributed by atoms with E-state index in [4.69, 9.17) is 0 Å². The summed E-state index contributed by atoms with van der Waals surface area (Å²) in [6, 6.07) is 71.9. The molecule has 0 heterocycles. The molecular formula is C42H34Cl2SiZr-4. The molecule has 0 nitrogen and oxygen atoms in total. The molecule has 8 aromatic rings. The number of fused-ring (bicyclic) bond motifs is 2. The smallest absolute Gasteiger partial charge is 0.0635 e. The van der Waals surface area contributed by atoms with Gasteiger partial charge in [-0.25, -0.2) is 0 Å². The van der Waals surface area contributed by atoms with Crippen molar-refractivity contribution in [3.63, 3.8) is 0 Å². The van der Waals surface area contributed by atoms with Crippen LogP contribution in [0.3, 0.4) is 0 Å². The minimum absolute atomic E-state index is 0. The van der Waals surface area contributed by atoms with Gasteiger partial charge in [-0.2, -0.15) is 72.8 Å². The Kier molecular flexibility index (Phi) is 18.9. The molecule has 0 saturated carbocycles. The summed E-state index contributed by atoms with van der Waals surface area (Å²) in [6.45, 7) is 3.06. The summed E-state index contributed by atoms with van der Waals surface area (Å²) < 4.78 is 0. The number of benzene rings is 6. The zero-order valence-corrected chi connectivity index (χ0v) is 30.4. The van der Waals surface area contributed by atoms with E-state index >= 15 is 0 Å². The average Bonchev–Trinajstić information content (AvgIpc) is 3.78. The van der Waals surface area contributed by atoms with E-state index in [1.165, 1.54) is 67.1 Å². The summed E-state index contributed by atoms with van der Waals surface area (Å²) in [5.74, 6) is 0. The SMILES string of the molecule is Cl.Cl.[Si]=[Zr].[c-]1ccccc1.[c-]1ccccc1.c1ccc(-c2cc3ccccc3[cH-]2)cc1.c1ccc(-c2cc3ccccc3[cH-]2)cc1. The third-order valence-electron chi connectivity index (χ3n) is 6.66. The largest absolute Gasteiger partial charge is 0.184 e. The van der Waals surface area contributed by atoms with Gasteiger partial charge in [-0.1, -0.05) is 108 Å². The first-order valence-electron chi connectivity index (χ1n) is 14.4. The minimum atomic E-state index is 0. The van der Waals surface area contributed by atoms with Crippen LogP contribution in [-0.4, -0.2) is 6.88 Å². The zero-order valence-electron chi connectivity index (χ0n) is 25.3. The van der Waals surface area contributed by atoms with Crippen LogP contribution < -0.4 is 0 Å². The molecule has 0 bridgehead atoms. The molecule has 0 unspecified atom stereocenters. The van der Waals surface area contributed by atoms with E-state index in [0.717, 1.165) is 0 Å². The predicted molar refractivity (Wildman–Crippen MR) is 201 cm³/mol. The van der Waals surface area contributed by atoms with E-state index in [0.29, 0.717) is 0 Å². The van der Waals surface area contributed by atoms with Crippen molar-refractivity contribution in [1.82, 2.24) is 0 Å². The second kappa shape index (κ2) is 22.7. The van der Waals surface area contributed by atoms with Crippen molar-refractivity contribution in [3.8, 4) is 22.3 Å². The fourth-order valence-corrected chi connectivity index (χ4v) is 4.58.